The Kier molecular flexibility index (Phi) is 4.79. The molecule has 0 saturated carbocycles. The molecule has 2 unspecified atom stereocenters. The number of hydrogen-bond donors (Lipinski definition) is 2. The summed E-state index contributed by atoms with van der Waals surface area (Å²) < 4.78 is 0. The van der Waals surface area contributed by atoms with Gasteiger partial charge in [-0.25, -0.2) is 0 Å². The number of nitrogens with one attached hydrogen (secondary N) is 2. The lowest BCUT2D eigenvalue weighted by molar-refractivity contribution is 0.0931. The van der Waals surface area contributed by atoms with E-state index in [0.29, 0.717) is 5.56 Å². The second kappa shape index (κ2) is 7.75. The molecule has 5 heteroatoms. The molecule has 0 radical (unpaired) electrons. The lowest BCUT2D eigenvalue weighted by Crippen LogP contribution is -2.29. The van der Waals surface area contributed by atoms with E-state index in [1.54, 1.807) is 12.1 Å². The van der Waals surface area contributed by atoms with Crippen LogP contribution in [-0.2, 0) is 12.8 Å². The van der Waals surface area contributed by atoms with Crippen molar-refractivity contribution in [2.45, 2.75) is 37.8 Å². The van der Waals surface area contributed by atoms with Crippen molar-refractivity contribution in [1.82, 2.24) is 15.6 Å². The van der Waals surface area contributed by atoms with E-state index in [1.165, 1.54) is 28.5 Å². The number of aryl methyl sites for hydroxylation is 2. The summed E-state index contributed by atoms with van der Waals surface area (Å²) in [6, 6.07) is 19.6. The predicted molar refractivity (Wildman–Crippen MR) is 114 cm³/mol. The average Bonchev–Trinajstić information content (AvgIpc) is 3.38. The standard InChI is InChI=1S/C25H23N3O2/c29-24(27-21-11-9-16-5-1-3-7-19(16)21)18-13-14-26-23(15-18)25(30)28-22-12-10-17-6-2-4-8-20(17)22/h1-8,13-15,21-22H,9-12H2,(H,27,29)(H,28,30). The number of amides is 2. The highest BCUT2D eigenvalue weighted by molar-refractivity contribution is 5.98. The lowest BCUT2D eigenvalue weighted by Gasteiger charge is -2.15. The SMILES string of the molecule is O=C(NC1CCc2ccccc21)c1ccnc(C(=O)NC2CCc3ccccc32)c1. The molecule has 0 saturated heterocycles. The zero-order valence-electron chi connectivity index (χ0n) is 16.6. The van der Waals surface area contributed by atoms with Gasteiger partial charge >= 0.3 is 0 Å². The summed E-state index contributed by atoms with van der Waals surface area (Å²) in [5.41, 5.74) is 5.62. The van der Waals surface area contributed by atoms with Crippen LogP contribution in [0.1, 0.15) is 68.0 Å². The first-order valence-electron chi connectivity index (χ1n) is 10.4. The number of carbonyl (C=O) groups is 2. The molecule has 2 atom stereocenters. The first-order chi connectivity index (χ1) is 14.7. The first kappa shape index (κ1) is 18.6. The van der Waals surface area contributed by atoms with Crippen LogP contribution in [0.2, 0.25) is 0 Å². The van der Waals surface area contributed by atoms with Crippen LogP contribution in [-0.4, -0.2) is 16.8 Å². The van der Waals surface area contributed by atoms with Gasteiger partial charge in [-0.3, -0.25) is 14.6 Å². The molecule has 2 aromatic carbocycles. The monoisotopic (exact) mass is 397 g/mol. The Hall–Kier alpha value is -3.47. The van der Waals surface area contributed by atoms with Crippen molar-refractivity contribution in [2.24, 2.45) is 0 Å². The molecule has 0 bridgehead atoms. The fourth-order valence-electron chi connectivity index (χ4n) is 4.58. The van der Waals surface area contributed by atoms with Crippen LogP contribution in [0.15, 0.2) is 66.9 Å². The Bertz CT molecular complexity index is 1040. The van der Waals surface area contributed by atoms with Crippen LogP contribution in [0.4, 0.5) is 0 Å². The number of aromatic nitrogens is 1. The maximum absolute atomic E-state index is 12.8. The van der Waals surface area contributed by atoms with E-state index in [1.807, 2.05) is 24.3 Å². The zero-order valence-corrected chi connectivity index (χ0v) is 16.6. The summed E-state index contributed by atoms with van der Waals surface area (Å²) in [7, 11) is 0. The van der Waals surface area contributed by atoms with E-state index in [9.17, 15) is 9.59 Å². The van der Waals surface area contributed by atoms with Crippen molar-refractivity contribution >= 4 is 11.8 Å². The Morgan fingerprint density at radius 3 is 1.97 bits per heavy atom. The quantitative estimate of drug-likeness (QED) is 0.701. The van der Waals surface area contributed by atoms with Crippen LogP contribution >= 0.6 is 0 Å². The predicted octanol–water partition coefficient (Wildman–Crippen LogP) is 3.92. The minimum Gasteiger partial charge on any atom is -0.345 e. The molecule has 5 nitrogen and oxygen atoms in total. The smallest absolute Gasteiger partial charge is 0.270 e. The highest BCUT2D eigenvalue weighted by atomic mass is 16.2. The molecular weight excluding hydrogens is 374 g/mol. The molecule has 3 aromatic rings. The summed E-state index contributed by atoms with van der Waals surface area (Å²) in [6.45, 7) is 0. The molecule has 0 fully saturated rings. The minimum atomic E-state index is -0.252. The molecule has 150 valence electrons. The van der Waals surface area contributed by atoms with Gasteiger partial charge in [0, 0.05) is 11.8 Å². The van der Waals surface area contributed by atoms with E-state index in [2.05, 4.69) is 39.9 Å². The molecule has 2 amide bonds. The number of nitrogens with zero attached hydrogens (tertiary/aromatic N) is 1. The van der Waals surface area contributed by atoms with Crippen molar-refractivity contribution in [3.63, 3.8) is 0 Å². The lowest BCUT2D eigenvalue weighted by atomic mass is 10.1. The second-order valence-corrected chi connectivity index (χ2v) is 7.96. The van der Waals surface area contributed by atoms with Gasteiger partial charge in [0.2, 0.25) is 0 Å². The fraction of sp³-hybridized carbons (Fsp3) is 0.240. The highest BCUT2D eigenvalue weighted by Crippen LogP contribution is 2.32. The van der Waals surface area contributed by atoms with Gasteiger partial charge in [-0.05, 0) is 60.1 Å². The average molecular weight is 397 g/mol. The van der Waals surface area contributed by atoms with E-state index < -0.39 is 0 Å². The summed E-state index contributed by atoms with van der Waals surface area (Å²) in [4.78, 5) is 29.8. The number of rotatable bonds is 4. The number of fused-ring (bicyclic) bond motifs is 2. The Morgan fingerprint density at radius 1 is 0.767 bits per heavy atom. The molecule has 2 aliphatic rings. The Labute approximate surface area is 175 Å². The van der Waals surface area contributed by atoms with Gasteiger partial charge in [0.25, 0.3) is 11.8 Å². The van der Waals surface area contributed by atoms with E-state index >= 15 is 0 Å². The van der Waals surface area contributed by atoms with Crippen molar-refractivity contribution in [3.8, 4) is 0 Å². The molecule has 2 aliphatic carbocycles. The largest absolute Gasteiger partial charge is 0.345 e. The summed E-state index contributed by atoms with van der Waals surface area (Å²) in [6.07, 6.45) is 5.22. The van der Waals surface area contributed by atoms with Crippen LogP contribution in [0.3, 0.4) is 0 Å². The third-order valence-corrected chi connectivity index (χ3v) is 6.13. The third-order valence-electron chi connectivity index (χ3n) is 6.13. The van der Waals surface area contributed by atoms with Crippen molar-refractivity contribution < 1.29 is 9.59 Å². The first-order valence-corrected chi connectivity index (χ1v) is 10.4. The van der Waals surface area contributed by atoms with Gasteiger partial charge in [0.05, 0.1) is 12.1 Å². The van der Waals surface area contributed by atoms with Gasteiger partial charge in [0.15, 0.2) is 0 Å². The molecule has 0 aliphatic heterocycles. The molecule has 5 rings (SSSR count). The molecule has 0 spiro atoms. The number of hydrogen-bond acceptors (Lipinski definition) is 3. The number of benzene rings is 2. The van der Waals surface area contributed by atoms with Crippen molar-refractivity contribution in [3.05, 3.63) is 100 Å². The fourth-order valence-corrected chi connectivity index (χ4v) is 4.58. The molecule has 2 N–H and O–H groups in total. The summed E-state index contributed by atoms with van der Waals surface area (Å²) in [5.74, 6) is -0.433. The van der Waals surface area contributed by atoms with Crippen LogP contribution < -0.4 is 10.6 Å². The third kappa shape index (κ3) is 3.47. The van der Waals surface area contributed by atoms with Crippen LogP contribution in [0.5, 0.6) is 0 Å². The molecule has 30 heavy (non-hydrogen) atoms. The summed E-state index contributed by atoms with van der Waals surface area (Å²) >= 11 is 0. The Morgan fingerprint density at radius 2 is 1.33 bits per heavy atom. The van der Waals surface area contributed by atoms with Gasteiger partial charge < -0.3 is 10.6 Å². The van der Waals surface area contributed by atoms with Gasteiger partial charge in [-0.2, -0.15) is 0 Å². The maximum atomic E-state index is 12.8. The van der Waals surface area contributed by atoms with Crippen molar-refractivity contribution in [2.75, 3.05) is 0 Å². The normalized spacial score (nSPS) is 19.1. The van der Waals surface area contributed by atoms with Gasteiger partial charge in [0.1, 0.15) is 5.69 Å². The molecule has 1 heterocycles. The van der Waals surface area contributed by atoms with E-state index in [4.69, 9.17) is 0 Å². The van der Waals surface area contributed by atoms with Gasteiger partial charge in [-0.15, -0.1) is 0 Å². The Balaban J connectivity index is 1.29. The van der Waals surface area contributed by atoms with Crippen LogP contribution in [0, 0.1) is 0 Å². The highest BCUT2D eigenvalue weighted by Gasteiger charge is 2.26. The number of carbonyl (C=O) groups excluding carboxylic acids is 2. The van der Waals surface area contributed by atoms with Crippen molar-refractivity contribution in [1.29, 1.82) is 0 Å². The van der Waals surface area contributed by atoms with Gasteiger partial charge in [-0.1, -0.05) is 48.5 Å². The zero-order chi connectivity index (χ0) is 20.5. The molecular formula is C25H23N3O2. The van der Waals surface area contributed by atoms with Crippen LogP contribution in [0.25, 0.3) is 0 Å². The van der Waals surface area contributed by atoms with E-state index in [0.717, 1.165) is 25.7 Å². The minimum absolute atomic E-state index is 0.00846. The second-order valence-electron chi connectivity index (χ2n) is 7.96. The number of pyridine rings is 1. The van der Waals surface area contributed by atoms with E-state index in [-0.39, 0.29) is 29.6 Å². The molecule has 1 aromatic heterocycles. The summed E-state index contributed by atoms with van der Waals surface area (Å²) in [5, 5.41) is 6.18. The topological polar surface area (TPSA) is 71.1 Å². The maximum Gasteiger partial charge on any atom is 0.270 e.